The zero-order valence-electron chi connectivity index (χ0n) is 13.7. The number of hydrogen-bond donors (Lipinski definition) is 1. The van der Waals surface area contributed by atoms with Crippen LogP contribution in [0.4, 0.5) is 0 Å². The smallest absolute Gasteiger partial charge is 0.306 e. The fraction of sp³-hybridized carbons (Fsp3) is 0.647. The fourth-order valence-corrected chi connectivity index (χ4v) is 3.29. The van der Waals surface area contributed by atoms with Gasteiger partial charge >= 0.3 is 5.97 Å². The van der Waals surface area contributed by atoms with Crippen molar-refractivity contribution in [3.05, 3.63) is 27.8 Å². The molecule has 23 heavy (non-hydrogen) atoms. The van der Waals surface area contributed by atoms with E-state index in [1.807, 2.05) is 0 Å². The van der Waals surface area contributed by atoms with Gasteiger partial charge in [-0.1, -0.05) is 19.3 Å². The molecule has 128 valence electrons. The highest BCUT2D eigenvalue weighted by Gasteiger charge is 2.32. The van der Waals surface area contributed by atoms with Crippen LogP contribution >= 0.6 is 0 Å². The van der Waals surface area contributed by atoms with E-state index in [2.05, 4.69) is 0 Å². The Morgan fingerprint density at radius 1 is 1.35 bits per heavy atom. The van der Waals surface area contributed by atoms with E-state index in [1.165, 1.54) is 26.7 Å². The molecule has 1 aromatic rings. The Labute approximate surface area is 135 Å². The first-order chi connectivity index (χ1) is 11.1. The summed E-state index contributed by atoms with van der Waals surface area (Å²) < 4.78 is 15.5. The molecule has 1 fully saturated rings. The first kappa shape index (κ1) is 17.5. The third kappa shape index (κ3) is 4.34. The summed E-state index contributed by atoms with van der Waals surface area (Å²) in [6.45, 7) is 0.137. The largest absolute Gasteiger partial charge is 0.502 e. The standard InChI is InChI=1S/C17H24O6/c1-21-10-12-8-14(18)16(20)17(23-12)13(9-15(19)22-2)11-6-4-3-5-7-11/h8,11,13,20H,3-7,9-10H2,1-2H3/t13-/m1/s1. The summed E-state index contributed by atoms with van der Waals surface area (Å²) in [5.41, 5.74) is -0.510. The van der Waals surface area contributed by atoms with Crippen LogP contribution in [0.25, 0.3) is 0 Å². The number of esters is 1. The van der Waals surface area contributed by atoms with Gasteiger partial charge in [-0.2, -0.15) is 0 Å². The molecule has 0 amide bonds. The van der Waals surface area contributed by atoms with Gasteiger partial charge in [-0.05, 0) is 18.8 Å². The van der Waals surface area contributed by atoms with Crippen molar-refractivity contribution in [2.45, 2.75) is 51.0 Å². The van der Waals surface area contributed by atoms with E-state index >= 15 is 0 Å². The molecule has 1 saturated carbocycles. The highest BCUT2D eigenvalue weighted by molar-refractivity contribution is 5.70. The number of carbonyl (C=O) groups is 1. The molecule has 1 N–H and O–H groups in total. The first-order valence-electron chi connectivity index (χ1n) is 7.98. The molecule has 6 heteroatoms. The molecule has 6 nitrogen and oxygen atoms in total. The quantitative estimate of drug-likeness (QED) is 0.810. The van der Waals surface area contributed by atoms with Crippen LogP contribution in [-0.4, -0.2) is 25.3 Å². The van der Waals surface area contributed by atoms with E-state index in [9.17, 15) is 14.7 Å². The lowest BCUT2D eigenvalue weighted by Crippen LogP contribution is -2.22. The van der Waals surface area contributed by atoms with Crippen LogP contribution in [0.1, 0.15) is 56.0 Å². The number of hydrogen-bond acceptors (Lipinski definition) is 6. The molecule has 1 aliphatic carbocycles. The summed E-state index contributed by atoms with van der Waals surface area (Å²) >= 11 is 0. The molecule has 0 bridgehead atoms. The van der Waals surface area contributed by atoms with E-state index in [-0.39, 0.29) is 36.6 Å². The summed E-state index contributed by atoms with van der Waals surface area (Å²) in [4.78, 5) is 23.8. The topological polar surface area (TPSA) is 86.0 Å². The number of ether oxygens (including phenoxy) is 2. The molecular formula is C17H24O6. The normalized spacial score (nSPS) is 17.0. The Balaban J connectivity index is 2.40. The van der Waals surface area contributed by atoms with Crippen molar-refractivity contribution in [1.29, 1.82) is 0 Å². The third-order valence-electron chi connectivity index (χ3n) is 4.46. The van der Waals surface area contributed by atoms with Gasteiger partial charge in [0.1, 0.15) is 12.4 Å². The van der Waals surface area contributed by atoms with E-state index in [0.717, 1.165) is 25.7 Å². The molecule has 1 aromatic heterocycles. The van der Waals surface area contributed by atoms with E-state index in [1.54, 1.807) is 0 Å². The summed E-state index contributed by atoms with van der Waals surface area (Å²) in [6.07, 6.45) is 5.30. The average Bonchev–Trinajstić information content (AvgIpc) is 2.57. The van der Waals surface area contributed by atoms with Crippen molar-refractivity contribution < 1.29 is 23.8 Å². The summed E-state index contributed by atoms with van der Waals surface area (Å²) in [5, 5.41) is 10.2. The number of methoxy groups -OCH3 is 2. The molecule has 1 atom stereocenters. The van der Waals surface area contributed by atoms with Crippen molar-refractivity contribution in [1.82, 2.24) is 0 Å². The second-order valence-corrected chi connectivity index (χ2v) is 6.01. The molecular weight excluding hydrogens is 300 g/mol. The van der Waals surface area contributed by atoms with Crippen LogP contribution in [-0.2, 0) is 20.9 Å². The molecule has 1 aliphatic rings. The molecule has 2 rings (SSSR count). The zero-order valence-corrected chi connectivity index (χ0v) is 13.7. The molecule has 0 aliphatic heterocycles. The van der Waals surface area contributed by atoms with Gasteiger partial charge in [-0.15, -0.1) is 0 Å². The molecule has 0 radical (unpaired) electrons. The van der Waals surface area contributed by atoms with Gasteiger partial charge in [0.15, 0.2) is 5.76 Å². The van der Waals surface area contributed by atoms with Crippen LogP contribution in [0, 0.1) is 5.92 Å². The third-order valence-corrected chi connectivity index (χ3v) is 4.46. The highest BCUT2D eigenvalue weighted by atomic mass is 16.5. The predicted molar refractivity (Wildman–Crippen MR) is 83.3 cm³/mol. The van der Waals surface area contributed by atoms with Crippen LogP contribution in [0.3, 0.4) is 0 Å². The summed E-state index contributed by atoms with van der Waals surface area (Å²) in [5.74, 6) is -0.427. The van der Waals surface area contributed by atoms with Crippen LogP contribution in [0.15, 0.2) is 15.3 Å². The average molecular weight is 324 g/mol. The maximum Gasteiger partial charge on any atom is 0.306 e. The number of rotatable bonds is 6. The van der Waals surface area contributed by atoms with Gasteiger partial charge < -0.3 is 19.0 Å². The lowest BCUT2D eigenvalue weighted by atomic mass is 9.77. The molecule has 0 unspecified atom stereocenters. The van der Waals surface area contributed by atoms with E-state index < -0.39 is 11.2 Å². The van der Waals surface area contributed by atoms with E-state index in [0.29, 0.717) is 5.76 Å². The van der Waals surface area contributed by atoms with Gasteiger partial charge in [-0.25, -0.2) is 0 Å². The Morgan fingerprint density at radius 2 is 2.04 bits per heavy atom. The minimum Gasteiger partial charge on any atom is -0.502 e. The summed E-state index contributed by atoms with van der Waals surface area (Å²) in [6, 6.07) is 1.22. The second-order valence-electron chi connectivity index (χ2n) is 6.01. The number of aromatic hydroxyl groups is 1. The Hall–Kier alpha value is -1.82. The fourth-order valence-electron chi connectivity index (χ4n) is 3.29. The molecule has 0 aromatic carbocycles. The van der Waals surface area contributed by atoms with Crippen molar-refractivity contribution in [2.24, 2.45) is 5.92 Å². The Bertz CT molecular complexity index is 585. The maximum absolute atomic E-state index is 12.0. The van der Waals surface area contributed by atoms with Gasteiger partial charge in [0, 0.05) is 19.1 Å². The molecule has 0 spiro atoms. The van der Waals surface area contributed by atoms with Gasteiger partial charge in [0.05, 0.1) is 13.5 Å². The van der Waals surface area contributed by atoms with Crippen LogP contribution in [0.2, 0.25) is 0 Å². The van der Waals surface area contributed by atoms with Gasteiger partial charge in [0.25, 0.3) is 0 Å². The van der Waals surface area contributed by atoms with Crippen molar-refractivity contribution in [3.8, 4) is 5.75 Å². The predicted octanol–water partition coefficient (Wildman–Crippen LogP) is 2.72. The maximum atomic E-state index is 12.0. The van der Waals surface area contributed by atoms with Gasteiger partial charge in [-0.3, -0.25) is 9.59 Å². The van der Waals surface area contributed by atoms with Crippen molar-refractivity contribution in [2.75, 3.05) is 14.2 Å². The minimum absolute atomic E-state index is 0.0914. The Kier molecular flexibility index (Phi) is 6.21. The molecule has 0 saturated heterocycles. The SMILES string of the molecule is COCc1cc(=O)c(O)c([C@H](CC(=O)OC)C2CCCCC2)o1. The monoisotopic (exact) mass is 324 g/mol. The van der Waals surface area contributed by atoms with E-state index in [4.69, 9.17) is 13.9 Å². The van der Waals surface area contributed by atoms with Crippen LogP contribution < -0.4 is 5.43 Å². The minimum atomic E-state index is -0.510. The van der Waals surface area contributed by atoms with Crippen molar-refractivity contribution >= 4 is 5.97 Å². The first-order valence-corrected chi connectivity index (χ1v) is 7.98. The molecule has 1 heterocycles. The lowest BCUT2D eigenvalue weighted by Gasteiger charge is -2.29. The second kappa shape index (κ2) is 8.15. The lowest BCUT2D eigenvalue weighted by molar-refractivity contribution is -0.141. The summed E-state index contributed by atoms with van der Waals surface area (Å²) in [7, 11) is 2.83. The Morgan fingerprint density at radius 3 is 2.65 bits per heavy atom. The highest BCUT2D eigenvalue weighted by Crippen LogP contribution is 2.40. The zero-order chi connectivity index (χ0) is 16.8. The van der Waals surface area contributed by atoms with Crippen LogP contribution in [0.5, 0.6) is 5.75 Å². The number of carbonyl (C=O) groups excluding carboxylic acids is 1. The van der Waals surface area contributed by atoms with Crippen molar-refractivity contribution in [3.63, 3.8) is 0 Å². The van der Waals surface area contributed by atoms with Gasteiger partial charge in [0.2, 0.25) is 11.2 Å².